The Kier molecular flexibility index (Phi) is 4.43. The highest BCUT2D eigenvalue weighted by molar-refractivity contribution is 6.21. The Hall–Kier alpha value is -3.48. The molecule has 0 spiro atoms. The van der Waals surface area contributed by atoms with E-state index in [-0.39, 0.29) is 30.0 Å². The van der Waals surface area contributed by atoms with Crippen molar-refractivity contribution in [3.05, 3.63) is 65.2 Å². The minimum Gasteiger partial charge on any atom is -0.329 e. The van der Waals surface area contributed by atoms with Gasteiger partial charge in [-0.1, -0.05) is 36.3 Å². The van der Waals surface area contributed by atoms with E-state index >= 15 is 0 Å². The quantitative estimate of drug-likeness (QED) is 0.763. The van der Waals surface area contributed by atoms with Crippen LogP contribution in [0.4, 0.5) is 5.69 Å². The van der Waals surface area contributed by atoms with E-state index in [0.29, 0.717) is 10.8 Å². The van der Waals surface area contributed by atoms with E-state index in [1.807, 2.05) is 31.2 Å². The fourth-order valence-corrected chi connectivity index (χ4v) is 3.44. The number of aryl methyl sites for hydroxylation is 1. The summed E-state index contributed by atoms with van der Waals surface area (Å²) < 4.78 is 0. The Bertz CT molecular complexity index is 948. The van der Waals surface area contributed by atoms with Gasteiger partial charge < -0.3 is 9.74 Å². The number of benzene rings is 2. The van der Waals surface area contributed by atoms with Gasteiger partial charge in [0.15, 0.2) is 0 Å². The molecule has 0 N–H and O–H groups in total. The van der Waals surface area contributed by atoms with Crippen molar-refractivity contribution < 1.29 is 24.0 Å². The number of hydrogen-bond donors (Lipinski definition) is 0. The highest BCUT2D eigenvalue weighted by Gasteiger charge is 2.42. The summed E-state index contributed by atoms with van der Waals surface area (Å²) in [6, 6.07) is 13.8. The van der Waals surface area contributed by atoms with E-state index in [1.54, 1.807) is 12.1 Å². The van der Waals surface area contributed by atoms with E-state index in [9.17, 15) is 19.2 Å². The van der Waals surface area contributed by atoms with Gasteiger partial charge in [0.1, 0.15) is 0 Å². The van der Waals surface area contributed by atoms with Gasteiger partial charge in [0, 0.05) is 18.7 Å². The minimum absolute atomic E-state index is 0.0302. The van der Waals surface area contributed by atoms with Crippen LogP contribution in [-0.4, -0.2) is 35.3 Å². The fourth-order valence-electron chi connectivity index (χ4n) is 3.44. The molecule has 2 aliphatic rings. The molecule has 142 valence electrons. The van der Waals surface area contributed by atoms with Gasteiger partial charge in [0.05, 0.1) is 17.0 Å². The van der Waals surface area contributed by atoms with Crippen LogP contribution < -0.4 is 4.90 Å². The standard InChI is InChI=1S/C21H18N2O5/c1-2-13-7-9-15(10-8-13)22-12-14(11-18(22)24)21(27)28-23-19(25)16-5-3-4-6-17(16)20(23)26/h3-10,14H,2,11-12H2,1H3. The molecule has 3 amide bonds. The van der Waals surface area contributed by atoms with Gasteiger partial charge in [-0.3, -0.25) is 14.4 Å². The van der Waals surface area contributed by atoms with Crippen molar-refractivity contribution in [3.63, 3.8) is 0 Å². The maximum Gasteiger partial charge on any atom is 0.338 e. The molecule has 1 fully saturated rings. The topological polar surface area (TPSA) is 84.0 Å². The molecule has 2 aliphatic heterocycles. The summed E-state index contributed by atoms with van der Waals surface area (Å²) in [5, 5.41) is 0.482. The second-order valence-corrected chi connectivity index (χ2v) is 6.79. The van der Waals surface area contributed by atoms with Gasteiger partial charge in [-0.25, -0.2) is 4.79 Å². The zero-order chi connectivity index (χ0) is 19.8. The SMILES string of the molecule is CCc1ccc(N2CC(C(=O)ON3C(=O)c4ccccc4C3=O)CC2=O)cc1. The van der Waals surface area contributed by atoms with E-state index < -0.39 is 23.7 Å². The molecule has 2 heterocycles. The average molecular weight is 378 g/mol. The Labute approximate surface area is 161 Å². The summed E-state index contributed by atoms with van der Waals surface area (Å²) in [5.41, 5.74) is 2.25. The normalized spacial score (nSPS) is 18.6. The molecule has 1 unspecified atom stereocenters. The zero-order valence-corrected chi connectivity index (χ0v) is 15.3. The number of fused-ring (bicyclic) bond motifs is 1. The van der Waals surface area contributed by atoms with Crippen LogP contribution >= 0.6 is 0 Å². The first-order valence-electron chi connectivity index (χ1n) is 9.08. The number of anilines is 1. The van der Waals surface area contributed by atoms with Gasteiger partial charge >= 0.3 is 5.97 Å². The highest BCUT2D eigenvalue weighted by atomic mass is 16.7. The van der Waals surface area contributed by atoms with Gasteiger partial charge in [0.25, 0.3) is 11.8 Å². The minimum atomic E-state index is -0.768. The number of rotatable bonds is 4. The molecule has 7 nitrogen and oxygen atoms in total. The lowest BCUT2D eigenvalue weighted by molar-refractivity contribution is -0.173. The van der Waals surface area contributed by atoms with Crippen LogP contribution in [0, 0.1) is 5.92 Å². The summed E-state index contributed by atoms with van der Waals surface area (Å²) in [7, 11) is 0. The van der Waals surface area contributed by atoms with Crippen molar-refractivity contribution in [1.29, 1.82) is 0 Å². The first-order valence-corrected chi connectivity index (χ1v) is 9.08. The number of imide groups is 1. The van der Waals surface area contributed by atoms with Crippen LogP contribution in [0.15, 0.2) is 48.5 Å². The number of hydrogen-bond acceptors (Lipinski definition) is 5. The third-order valence-corrected chi connectivity index (χ3v) is 5.05. The lowest BCUT2D eigenvalue weighted by atomic mass is 10.1. The number of hydroxylamine groups is 2. The van der Waals surface area contributed by atoms with Crippen LogP contribution in [0.3, 0.4) is 0 Å². The predicted octanol–water partition coefficient (Wildman–Crippen LogP) is 2.36. The molecule has 4 rings (SSSR count). The molecule has 0 aromatic heterocycles. The molecule has 28 heavy (non-hydrogen) atoms. The Morgan fingerprint density at radius 1 is 1.00 bits per heavy atom. The Morgan fingerprint density at radius 2 is 1.61 bits per heavy atom. The monoisotopic (exact) mass is 378 g/mol. The highest BCUT2D eigenvalue weighted by Crippen LogP contribution is 2.28. The molecule has 1 atom stereocenters. The van der Waals surface area contributed by atoms with Crippen molar-refractivity contribution in [2.24, 2.45) is 5.92 Å². The summed E-state index contributed by atoms with van der Waals surface area (Å²) in [4.78, 5) is 56.1. The van der Waals surface area contributed by atoms with Crippen LogP contribution in [0.2, 0.25) is 0 Å². The van der Waals surface area contributed by atoms with Crippen molar-refractivity contribution in [1.82, 2.24) is 5.06 Å². The maximum atomic E-state index is 12.5. The molecule has 0 bridgehead atoms. The second kappa shape index (κ2) is 6.92. The zero-order valence-electron chi connectivity index (χ0n) is 15.3. The molecular weight excluding hydrogens is 360 g/mol. The summed E-state index contributed by atoms with van der Waals surface area (Å²) >= 11 is 0. The summed E-state index contributed by atoms with van der Waals surface area (Å²) in [6.45, 7) is 2.19. The lowest BCUT2D eigenvalue weighted by Gasteiger charge is -2.18. The third kappa shape index (κ3) is 2.94. The average Bonchev–Trinajstić information content (AvgIpc) is 3.22. The summed E-state index contributed by atoms with van der Waals surface area (Å²) in [6.07, 6.45) is 0.862. The largest absolute Gasteiger partial charge is 0.338 e. The van der Waals surface area contributed by atoms with Crippen LogP contribution in [0.5, 0.6) is 0 Å². The van der Waals surface area contributed by atoms with Crippen molar-refractivity contribution in [3.8, 4) is 0 Å². The maximum absolute atomic E-state index is 12.5. The number of carbonyl (C=O) groups excluding carboxylic acids is 4. The van der Waals surface area contributed by atoms with Crippen molar-refractivity contribution in [2.75, 3.05) is 11.4 Å². The van der Waals surface area contributed by atoms with Crippen molar-refractivity contribution >= 4 is 29.4 Å². The van der Waals surface area contributed by atoms with Gasteiger partial charge in [-0.15, -0.1) is 0 Å². The van der Waals surface area contributed by atoms with Crippen molar-refractivity contribution in [2.45, 2.75) is 19.8 Å². The first-order chi connectivity index (χ1) is 13.5. The number of nitrogens with zero attached hydrogens (tertiary/aromatic N) is 2. The van der Waals surface area contributed by atoms with Crippen LogP contribution in [0.25, 0.3) is 0 Å². The molecule has 0 aliphatic carbocycles. The number of amides is 3. The van der Waals surface area contributed by atoms with E-state index in [0.717, 1.165) is 12.0 Å². The molecule has 1 saturated heterocycles. The second-order valence-electron chi connectivity index (χ2n) is 6.79. The van der Waals surface area contributed by atoms with Gasteiger partial charge in [-0.2, -0.15) is 0 Å². The lowest BCUT2D eigenvalue weighted by Crippen LogP contribution is -2.36. The molecule has 2 aromatic carbocycles. The van der Waals surface area contributed by atoms with Crippen LogP contribution in [0.1, 0.15) is 39.6 Å². The number of carbonyl (C=O) groups is 4. The third-order valence-electron chi connectivity index (χ3n) is 5.05. The summed E-state index contributed by atoms with van der Waals surface area (Å²) in [5.74, 6) is -3.07. The van der Waals surface area contributed by atoms with E-state index in [1.165, 1.54) is 17.0 Å². The molecule has 0 saturated carbocycles. The van der Waals surface area contributed by atoms with E-state index in [4.69, 9.17) is 4.84 Å². The fraction of sp³-hybridized carbons (Fsp3) is 0.238. The first kappa shape index (κ1) is 17.9. The van der Waals surface area contributed by atoms with Crippen LogP contribution in [-0.2, 0) is 20.8 Å². The predicted molar refractivity (Wildman–Crippen MR) is 99.3 cm³/mol. The molecular formula is C21H18N2O5. The molecule has 2 aromatic rings. The molecule has 7 heteroatoms. The van der Waals surface area contributed by atoms with Gasteiger partial charge in [0.2, 0.25) is 5.91 Å². The smallest absolute Gasteiger partial charge is 0.329 e. The molecule has 0 radical (unpaired) electrons. The van der Waals surface area contributed by atoms with E-state index in [2.05, 4.69) is 0 Å². The Balaban J connectivity index is 1.45. The Morgan fingerprint density at radius 3 is 2.18 bits per heavy atom. The van der Waals surface area contributed by atoms with Gasteiger partial charge in [-0.05, 0) is 36.2 Å².